The second kappa shape index (κ2) is 9.47. The van der Waals surface area contributed by atoms with Crippen LogP contribution in [0.25, 0.3) is 0 Å². The molecule has 4 rings (SSSR count). The molecule has 1 amide bonds. The number of nitrogens with one attached hydrogen (secondary N) is 3. The third-order valence-electron chi connectivity index (χ3n) is 5.22. The fourth-order valence-electron chi connectivity index (χ4n) is 3.72. The minimum Gasteiger partial charge on any atom is -0.379 e. The first-order chi connectivity index (χ1) is 13.2. The molecule has 0 spiro atoms. The standard InChI is InChI=1S/C19H24FN5O2.ClH/c20-14-3-1-13(2-4-14)17(25-7-9-27-10-8-25)12-22-19(26)18-15-11-21-6-5-16(15)23-24-18;/h1-4,17,21H,5-12H2,(H,22,26)(H,23,24);1H. The van der Waals surface area contributed by atoms with E-state index in [1.54, 1.807) is 12.1 Å². The van der Waals surface area contributed by atoms with Gasteiger partial charge >= 0.3 is 0 Å². The number of halogens is 2. The van der Waals surface area contributed by atoms with Gasteiger partial charge in [0.15, 0.2) is 5.69 Å². The van der Waals surface area contributed by atoms with Crippen molar-refractivity contribution in [1.82, 2.24) is 25.7 Å². The number of hydrogen-bond donors (Lipinski definition) is 3. The zero-order chi connectivity index (χ0) is 18.6. The highest BCUT2D eigenvalue weighted by molar-refractivity contribution is 5.94. The molecule has 1 aromatic carbocycles. The summed E-state index contributed by atoms with van der Waals surface area (Å²) in [6, 6.07) is 6.44. The first-order valence-corrected chi connectivity index (χ1v) is 9.34. The molecule has 1 atom stereocenters. The van der Waals surface area contributed by atoms with Gasteiger partial charge < -0.3 is 15.4 Å². The zero-order valence-electron chi connectivity index (χ0n) is 15.5. The molecule has 3 heterocycles. The number of fused-ring (bicyclic) bond motifs is 1. The summed E-state index contributed by atoms with van der Waals surface area (Å²) in [5.41, 5.74) is 3.41. The van der Waals surface area contributed by atoms with Crippen molar-refractivity contribution in [3.8, 4) is 0 Å². The maximum Gasteiger partial charge on any atom is 0.272 e. The van der Waals surface area contributed by atoms with Crippen LogP contribution >= 0.6 is 12.4 Å². The molecular weight excluding hydrogens is 385 g/mol. The molecule has 3 N–H and O–H groups in total. The molecule has 0 radical (unpaired) electrons. The average Bonchev–Trinajstić information content (AvgIpc) is 3.14. The van der Waals surface area contributed by atoms with Crippen LogP contribution in [0.2, 0.25) is 0 Å². The highest BCUT2D eigenvalue weighted by atomic mass is 35.5. The van der Waals surface area contributed by atoms with Gasteiger partial charge in [-0.15, -0.1) is 12.4 Å². The number of carbonyl (C=O) groups excluding carboxylic acids is 1. The Morgan fingerprint density at radius 3 is 2.79 bits per heavy atom. The van der Waals surface area contributed by atoms with Crippen LogP contribution in [-0.4, -0.2) is 60.4 Å². The smallest absolute Gasteiger partial charge is 0.272 e. The van der Waals surface area contributed by atoms with Crippen molar-refractivity contribution in [2.75, 3.05) is 39.4 Å². The van der Waals surface area contributed by atoms with E-state index in [2.05, 4.69) is 25.7 Å². The van der Waals surface area contributed by atoms with Gasteiger partial charge in [0.05, 0.1) is 19.3 Å². The van der Waals surface area contributed by atoms with Gasteiger partial charge in [-0.1, -0.05) is 12.1 Å². The Morgan fingerprint density at radius 2 is 2.04 bits per heavy atom. The summed E-state index contributed by atoms with van der Waals surface area (Å²) in [4.78, 5) is 15.0. The fourth-order valence-corrected chi connectivity index (χ4v) is 3.72. The van der Waals surface area contributed by atoms with E-state index >= 15 is 0 Å². The van der Waals surface area contributed by atoms with Crippen molar-refractivity contribution >= 4 is 18.3 Å². The Labute approximate surface area is 169 Å². The average molecular weight is 410 g/mol. The van der Waals surface area contributed by atoms with Crippen LogP contribution < -0.4 is 10.6 Å². The van der Waals surface area contributed by atoms with Gasteiger partial charge in [-0.3, -0.25) is 14.8 Å². The van der Waals surface area contributed by atoms with Gasteiger partial charge in [0.1, 0.15) is 5.82 Å². The molecule has 2 aromatic rings. The highest BCUT2D eigenvalue weighted by Gasteiger charge is 2.26. The number of hydrogen-bond acceptors (Lipinski definition) is 5. The lowest BCUT2D eigenvalue weighted by Gasteiger charge is -2.34. The predicted molar refractivity (Wildman–Crippen MR) is 105 cm³/mol. The Morgan fingerprint density at radius 1 is 1.29 bits per heavy atom. The van der Waals surface area contributed by atoms with Crippen molar-refractivity contribution in [1.29, 1.82) is 0 Å². The highest BCUT2D eigenvalue weighted by Crippen LogP contribution is 2.22. The van der Waals surface area contributed by atoms with Gasteiger partial charge in [-0.25, -0.2) is 4.39 Å². The number of aromatic amines is 1. The van der Waals surface area contributed by atoms with Crippen LogP contribution in [-0.2, 0) is 17.7 Å². The van der Waals surface area contributed by atoms with Gasteiger partial charge in [-0.05, 0) is 17.7 Å². The summed E-state index contributed by atoms with van der Waals surface area (Å²) >= 11 is 0. The van der Waals surface area contributed by atoms with E-state index in [1.165, 1.54) is 12.1 Å². The summed E-state index contributed by atoms with van der Waals surface area (Å²) in [5, 5.41) is 13.5. The van der Waals surface area contributed by atoms with E-state index in [4.69, 9.17) is 4.74 Å². The van der Waals surface area contributed by atoms with E-state index in [1.807, 2.05) is 0 Å². The minimum atomic E-state index is -0.265. The van der Waals surface area contributed by atoms with Crippen molar-refractivity contribution in [2.45, 2.75) is 19.0 Å². The van der Waals surface area contributed by atoms with Gasteiger partial charge in [0.25, 0.3) is 5.91 Å². The van der Waals surface area contributed by atoms with Crippen molar-refractivity contribution in [3.63, 3.8) is 0 Å². The monoisotopic (exact) mass is 409 g/mol. The number of ether oxygens (including phenoxy) is 1. The molecular formula is C19H25ClFN5O2. The normalized spacial score (nSPS) is 18.0. The number of rotatable bonds is 5. The fraction of sp³-hybridized carbons (Fsp3) is 0.474. The maximum atomic E-state index is 13.3. The quantitative estimate of drug-likeness (QED) is 0.695. The summed E-state index contributed by atoms with van der Waals surface area (Å²) in [6.45, 7) is 4.84. The Hall–Kier alpha value is -2.00. The number of carbonyl (C=O) groups is 1. The topological polar surface area (TPSA) is 82.3 Å². The number of morpholine rings is 1. The van der Waals surface area contributed by atoms with Crippen LogP contribution in [0.1, 0.15) is 33.4 Å². The molecule has 0 aliphatic carbocycles. The molecule has 2 aliphatic heterocycles. The van der Waals surface area contributed by atoms with E-state index in [0.717, 1.165) is 42.9 Å². The zero-order valence-corrected chi connectivity index (χ0v) is 16.4. The molecule has 1 fully saturated rings. The number of H-pyrrole nitrogens is 1. The second-order valence-electron chi connectivity index (χ2n) is 6.88. The number of aromatic nitrogens is 2. The number of benzene rings is 1. The van der Waals surface area contributed by atoms with Crippen molar-refractivity contribution in [3.05, 3.63) is 52.6 Å². The van der Waals surface area contributed by atoms with Gasteiger partial charge in [0, 0.05) is 50.4 Å². The third-order valence-corrected chi connectivity index (χ3v) is 5.22. The summed E-state index contributed by atoms with van der Waals surface area (Å²) in [6.07, 6.45) is 0.849. The molecule has 28 heavy (non-hydrogen) atoms. The number of amides is 1. The van der Waals surface area contributed by atoms with E-state index in [0.29, 0.717) is 32.0 Å². The SMILES string of the molecule is Cl.O=C(NCC(c1ccc(F)cc1)N1CCOCC1)c1n[nH]c2c1CNCC2. The Bertz CT molecular complexity index is 792. The molecule has 0 saturated carbocycles. The van der Waals surface area contributed by atoms with E-state index in [9.17, 15) is 9.18 Å². The van der Waals surface area contributed by atoms with E-state index in [-0.39, 0.29) is 30.2 Å². The maximum absolute atomic E-state index is 13.3. The molecule has 152 valence electrons. The lowest BCUT2D eigenvalue weighted by Crippen LogP contribution is -2.44. The molecule has 1 saturated heterocycles. The summed E-state index contributed by atoms with van der Waals surface area (Å²) < 4.78 is 18.8. The third kappa shape index (κ3) is 4.52. The predicted octanol–water partition coefficient (Wildman–Crippen LogP) is 1.42. The van der Waals surface area contributed by atoms with Crippen LogP contribution in [0.5, 0.6) is 0 Å². The lowest BCUT2D eigenvalue weighted by molar-refractivity contribution is 0.0162. The first kappa shape index (κ1) is 20.7. The van der Waals surface area contributed by atoms with Gasteiger partial charge in [0.2, 0.25) is 0 Å². The van der Waals surface area contributed by atoms with Crippen LogP contribution in [0, 0.1) is 5.82 Å². The van der Waals surface area contributed by atoms with Crippen LogP contribution in [0.3, 0.4) is 0 Å². The lowest BCUT2D eigenvalue weighted by atomic mass is 10.0. The first-order valence-electron chi connectivity index (χ1n) is 9.34. The molecule has 1 unspecified atom stereocenters. The number of nitrogens with zero attached hydrogens (tertiary/aromatic N) is 2. The van der Waals surface area contributed by atoms with Crippen LogP contribution in [0.4, 0.5) is 4.39 Å². The van der Waals surface area contributed by atoms with Gasteiger partial charge in [-0.2, -0.15) is 5.10 Å². The second-order valence-corrected chi connectivity index (χ2v) is 6.88. The minimum absolute atomic E-state index is 0. The van der Waals surface area contributed by atoms with Crippen molar-refractivity contribution in [2.24, 2.45) is 0 Å². The Balaban J connectivity index is 0.00000225. The molecule has 9 heteroatoms. The molecule has 7 nitrogen and oxygen atoms in total. The molecule has 2 aliphatic rings. The molecule has 1 aromatic heterocycles. The summed E-state index contributed by atoms with van der Waals surface area (Å²) in [7, 11) is 0. The largest absolute Gasteiger partial charge is 0.379 e. The summed E-state index contributed by atoms with van der Waals surface area (Å²) in [5.74, 6) is -0.448. The molecule has 0 bridgehead atoms. The van der Waals surface area contributed by atoms with Crippen molar-refractivity contribution < 1.29 is 13.9 Å². The van der Waals surface area contributed by atoms with Crippen LogP contribution in [0.15, 0.2) is 24.3 Å². The Kier molecular flexibility index (Phi) is 7.01. The van der Waals surface area contributed by atoms with E-state index < -0.39 is 0 Å².